The van der Waals surface area contributed by atoms with E-state index in [-0.39, 0.29) is 27.8 Å². The van der Waals surface area contributed by atoms with Crippen molar-refractivity contribution in [2.75, 3.05) is 10.5 Å². The van der Waals surface area contributed by atoms with Gasteiger partial charge in [0.05, 0.1) is 22.0 Å². The predicted octanol–water partition coefficient (Wildman–Crippen LogP) is 3.82. The fourth-order valence-corrected chi connectivity index (χ4v) is 6.19. The van der Waals surface area contributed by atoms with Crippen LogP contribution in [0, 0.1) is 6.92 Å². The molecule has 0 aliphatic carbocycles. The molecule has 0 aliphatic rings. The number of hydrogen-bond acceptors (Lipinski definition) is 7. The fourth-order valence-electron chi connectivity index (χ4n) is 2.66. The lowest BCUT2D eigenvalue weighted by Gasteiger charge is -2.08. The third-order valence-electron chi connectivity index (χ3n) is 4.31. The van der Waals surface area contributed by atoms with Crippen LogP contribution in [-0.4, -0.2) is 32.8 Å². The van der Waals surface area contributed by atoms with Crippen LogP contribution in [0.1, 0.15) is 21.7 Å². The van der Waals surface area contributed by atoms with Crippen LogP contribution in [0.3, 0.4) is 0 Å². The molecule has 0 radical (unpaired) electrons. The molecule has 0 aliphatic heterocycles. The van der Waals surface area contributed by atoms with E-state index in [4.69, 9.17) is 0 Å². The standard InChI is InChI=1S/C19H18F3N3O4S3/c1-13-2-8-16(9-3-13)31(26,27)11-10-17-23-24-18(30-17)25-32(28,29)12-14-4-6-15(7-5-14)19(20,21)22/h2-9H,10-12H2,1H3,(H,24,25). The van der Waals surface area contributed by atoms with Gasteiger partial charge in [-0.25, -0.2) is 16.8 Å². The molecule has 32 heavy (non-hydrogen) atoms. The highest BCUT2D eigenvalue weighted by atomic mass is 32.2. The summed E-state index contributed by atoms with van der Waals surface area (Å²) in [5.74, 6) is -0.773. The molecule has 0 atom stereocenters. The van der Waals surface area contributed by atoms with Gasteiger partial charge in [0.1, 0.15) is 5.01 Å². The van der Waals surface area contributed by atoms with Crippen LogP contribution in [0.2, 0.25) is 0 Å². The summed E-state index contributed by atoms with van der Waals surface area (Å²) in [5, 5.41) is 7.79. The molecule has 1 N–H and O–H groups in total. The maximum absolute atomic E-state index is 12.6. The van der Waals surface area contributed by atoms with Crippen LogP contribution in [-0.2, 0) is 38.2 Å². The third-order valence-corrected chi connectivity index (χ3v) is 8.29. The van der Waals surface area contributed by atoms with Gasteiger partial charge in [-0.2, -0.15) is 13.2 Å². The number of sulfonamides is 1. The number of halogens is 3. The van der Waals surface area contributed by atoms with E-state index in [1.54, 1.807) is 12.1 Å². The largest absolute Gasteiger partial charge is 0.416 e. The van der Waals surface area contributed by atoms with Gasteiger partial charge in [-0.3, -0.25) is 4.72 Å². The quantitative estimate of drug-likeness (QED) is 0.499. The van der Waals surface area contributed by atoms with Crippen LogP contribution in [0.4, 0.5) is 18.3 Å². The number of aryl methyl sites for hydroxylation is 2. The van der Waals surface area contributed by atoms with Crippen molar-refractivity contribution in [2.24, 2.45) is 0 Å². The van der Waals surface area contributed by atoms with E-state index in [1.165, 1.54) is 12.1 Å². The molecule has 3 rings (SSSR count). The minimum Gasteiger partial charge on any atom is -0.257 e. The van der Waals surface area contributed by atoms with Gasteiger partial charge in [-0.15, -0.1) is 10.2 Å². The Labute approximate surface area is 187 Å². The monoisotopic (exact) mass is 505 g/mol. The molecule has 0 unspecified atom stereocenters. The van der Waals surface area contributed by atoms with E-state index >= 15 is 0 Å². The SMILES string of the molecule is Cc1ccc(S(=O)(=O)CCc2nnc(NS(=O)(=O)Cc3ccc(C(F)(F)F)cc3)s2)cc1. The Morgan fingerprint density at radius 3 is 2.16 bits per heavy atom. The summed E-state index contributed by atoms with van der Waals surface area (Å²) in [5.41, 5.74) is 0.224. The molecule has 3 aromatic rings. The van der Waals surface area contributed by atoms with Crippen molar-refractivity contribution >= 4 is 36.3 Å². The zero-order chi connectivity index (χ0) is 23.6. The lowest BCUT2D eigenvalue weighted by atomic mass is 10.1. The smallest absolute Gasteiger partial charge is 0.257 e. The maximum Gasteiger partial charge on any atom is 0.416 e. The van der Waals surface area contributed by atoms with Crippen molar-refractivity contribution < 1.29 is 30.0 Å². The number of anilines is 1. The first-order chi connectivity index (χ1) is 14.8. The number of nitrogens with zero attached hydrogens (tertiary/aromatic N) is 2. The highest BCUT2D eigenvalue weighted by molar-refractivity contribution is 7.92. The molecule has 0 amide bonds. The molecule has 0 fully saturated rings. The van der Waals surface area contributed by atoms with Crippen molar-refractivity contribution in [3.8, 4) is 0 Å². The number of sulfone groups is 1. The lowest BCUT2D eigenvalue weighted by Crippen LogP contribution is -2.15. The molecule has 7 nitrogen and oxygen atoms in total. The van der Waals surface area contributed by atoms with Crippen molar-refractivity contribution in [1.82, 2.24) is 10.2 Å². The highest BCUT2D eigenvalue weighted by Gasteiger charge is 2.30. The Kier molecular flexibility index (Phi) is 6.91. The molecule has 13 heteroatoms. The number of nitrogens with one attached hydrogen (secondary N) is 1. The van der Waals surface area contributed by atoms with Gasteiger partial charge < -0.3 is 0 Å². The first kappa shape index (κ1) is 24.1. The number of hydrogen-bond donors (Lipinski definition) is 1. The molecule has 0 saturated carbocycles. The number of benzene rings is 2. The van der Waals surface area contributed by atoms with Crippen LogP contribution in [0.25, 0.3) is 0 Å². The maximum atomic E-state index is 12.6. The lowest BCUT2D eigenvalue weighted by molar-refractivity contribution is -0.137. The van der Waals surface area contributed by atoms with E-state index in [0.717, 1.165) is 41.2 Å². The van der Waals surface area contributed by atoms with Crippen molar-refractivity contribution in [2.45, 2.75) is 30.2 Å². The Morgan fingerprint density at radius 2 is 1.56 bits per heavy atom. The van der Waals surface area contributed by atoms with Crippen molar-refractivity contribution in [1.29, 1.82) is 0 Å². The average Bonchev–Trinajstić information content (AvgIpc) is 3.13. The normalized spacial score (nSPS) is 12.6. The van der Waals surface area contributed by atoms with Gasteiger partial charge in [-0.05, 0) is 36.8 Å². The molecule has 1 aromatic heterocycles. The topological polar surface area (TPSA) is 106 Å². The van der Waals surface area contributed by atoms with Crippen LogP contribution in [0.5, 0.6) is 0 Å². The van der Waals surface area contributed by atoms with Gasteiger partial charge in [0.15, 0.2) is 9.84 Å². The second-order valence-corrected chi connectivity index (χ2v) is 11.8. The summed E-state index contributed by atoms with van der Waals surface area (Å²) in [7, 11) is -7.49. The van der Waals surface area contributed by atoms with Gasteiger partial charge in [0.25, 0.3) is 0 Å². The second-order valence-electron chi connectivity index (χ2n) is 6.94. The number of rotatable bonds is 8. The van der Waals surface area contributed by atoms with Crippen LogP contribution < -0.4 is 4.72 Å². The molecular formula is C19H18F3N3O4S3. The number of aromatic nitrogens is 2. The summed E-state index contributed by atoms with van der Waals surface area (Å²) in [6.45, 7) is 1.85. The molecule has 1 heterocycles. The second kappa shape index (κ2) is 9.16. The summed E-state index contributed by atoms with van der Waals surface area (Å²) in [6.07, 6.45) is -4.46. The molecule has 0 bridgehead atoms. The molecule has 0 spiro atoms. The first-order valence-corrected chi connectivity index (χ1v) is 13.2. The summed E-state index contributed by atoms with van der Waals surface area (Å²) >= 11 is 0.889. The summed E-state index contributed by atoms with van der Waals surface area (Å²) < 4.78 is 89.5. The summed E-state index contributed by atoms with van der Waals surface area (Å²) in [6, 6.07) is 10.2. The first-order valence-electron chi connectivity index (χ1n) is 9.12. The van der Waals surface area contributed by atoms with E-state index in [9.17, 15) is 30.0 Å². The van der Waals surface area contributed by atoms with Crippen LogP contribution >= 0.6 is 11.3 Å². The molecule has 172 valence electrons. The Morgan fingerprint density at radius 1 is 0.938 bits per heavy atom. The van der Waals surface area contributed by atoms with Crippen LogP contribution in [0.15, 0.2) is 53.4 Å². The van der Waals surface area contributed by atoms with Gasteiger partial charge in [0, 0.05) is 6.42 Å². The Balaban J connectivity index is 1.61. The zero-order valence-corrected chi connectivity index (χ0v) is 19.1. The zero-order valence-electron chi connectivity index (χ0n) is 16.6. The van der Waals surface area contributed by atoms with Crippen molar-refractivity contribution in [3.05, 3.63) is 70.2 Å². The Bertz CT molecular complexity index is 1290. The van der Waals surface area contributed by atoms with Gasteiger partial charge in [0.2, 0.25) is 15.2 Å². The highest BCUT2D eigenvalue weighted by Crippen LogP contribution is 2.29. The van der Waals surface area contributed by atoms with Gasteiger partial charge in [-0.1, -0.05) is 41.2 Å². The average molecular weight is 506 g/mol. The van der Waals surface area contributed by atoms with E-state index in [1.807, 2.05) is 6.92 Å². The third kappa shape index (κ3) is 6.50. The minimum atomic E-state index is -4.51. The fraction of sp³-hybridized carbons (Fsp3) is 0.263. The minimum absolute atomic E-state index is 0.0501. The number of alkyl halides is 3. The molecule has 2 aromatic carbocycles. The van der Waals surface area contributed by atoms with Gasteiger partial charge >= 0.3 is 6.18 Å². The van der Waals surface area contributed by atoms with E-state index in [0.29, 0.717) is 5.01 Å². The molecular weight excluding hydrogens is 487 g/mol. The summed E-state index contributed by atoms with van der Waals surface area (Å²) in [4.78, 5) is 0.185. The van der Waals surface area contributed by atoms with E-state index < -0.39 is 37.4 Å². The van der Waals surface area contributed by atoms with E-state index in [2.05, 4.69) is 14.9 Å². The Hall–Kier alpha value is -2.51. The molecule has 0 saturated heterocycles. The van der Waals surface area contributed by atoms with Crippen molar-refractivity contribution in [3.63, 3.8) is 0 Å². The predicted molar refractivity (Wildman–Crippen MR) is 115 cm³/mol.